The Balaban J connectivity index is 1.70. The highest BCUT2D eigenvalue weighted by atomic mass is 32.1. The van der Waals surface area contributed by atoms with Crippen LogP contribution in [0.15, 0.2) is 67.3 Å². The van der Waals surface area contributed by atoms with E-state index in [2.05, 4.69) is 15.3 Å². The molecule has 0 radical (unpaired) electrons. The van der Waals surface area contributed by atoms with Crippen molar-refractivity contribution in [3.63, 3.8) is 0 Å². The summed E-state index contributed by atoms with van der Waals surface area (Å²) in [4.78, 5) is 22.9. The van der Waals surface area contributed by atoms with Crippen LogP contribution >= 0.6 is 11.3 Å². The number of nitrogens with zero attached hydrogens (tertiary/aromatic N) is 3. The first-order chi connectivity index (χ1) is 11.8. The van der Waals surface area contributed by atoms with Crippen molar-refractivity contribution in [3.05, 3.63) is 77.8 Å². The predicted octanol–water partition coefficient (Wildman–Crippen LogP) is 3.41. The highest BCUT2D eigenvalue weighted by Crippen LogP contribution is 2.32. The Morgan fingerprint density at radius 3 is 2.67 bits per heavy atom. The number of nitrogens with one attached hydrogen (secondary N) is 1. The van der Waals surface area contributed by atoms with Crippen LogP contribution in [0.5, 0.6) is 0 Å². The Labute approximate surface area is 142 Å². The van der Waals surface area contributed by atoms with Gasteiger partial charge in [0.1, 0.15) is 9.71 Å². The van der Waals surface area contributed by atoms with Gasteiger partial charge in [0.15, 0.2) is 0 Å². The van der Waals surface area contributed by atoms with E-state index >= 15 is 0 Å². The number of rotatable bonds is 4. The number of carbonyl (C=O) groups is 1. The van der Waals surface area contributed by atoms with E-state index in [9.17, 15) is 4.79 Å². The van der Waals surface area contributed by atoms with Gasteiger partial charge in [-0.3, -0.25) is 9.78 Å². The van der Waals surface area contributed by atoms with Crippen molar-refractivity contribution in [1.29, 1.82) is 0 Å². The molecule has 4 aromatic heterocycles. The van der Waals surface area contributed by atoms with Crippen molar-refractivity contribution in [1.82, 2.24) is 19.9 Å². The average Bonchev–Trinajstić information content (AvgIpc) is 3.27. The van der Waals surface area contributed by atoms with Gasteiger partial charge in [-0.1, -0.05) is 6.07 Å². The Morgan fingerprint density at radius 2 is 1.88 bits per heavy atom. The molecule has 1 amide bonds. The maximum absolute atomic E-state index is 12.7. The zero-order valence-electron chi connectivity index (χ0n) is 12.7. The van der Waals surface area contributed by atoms with Gasteiger partial charge in [-0.25, -0.2) is 4.98 Å². The summed E-state index contributed by atoms with van der Waals surface area (Å²) >= 11 is 1.40. The van der Waals surface area contributed by atoms with E-state index in [1.807, 2.05) is 59.4 Å². The molecule has 4 aromatic rings. The van der Waals surface area contributed by atoms with E-state index in [0.29, 0.717) is 11.4 Å². The molecule has 6 heteroatoms. The molecule has 0 aliphatic rings. The monoisotopic (exact) mass is 334 g/mol. The fourth-order valence-electron chi connectivity index (χ4n) is 2.57. The summed E-state index contributed by atoms with van der Waals surface area (Å²) in [6.07, 6.45) is 7.33. The molecule has 0 unspecified atom stereocenters. The molecule has 0 aliphatic heterocycles. The first-order valence-electron chi connectivity index (χ1n) is 7.52. The van der Waals surface area contributed by atoms with E-state index in [0.717, 1.165) is 21.6 Å². The maximum atomic E-state index is 12.7. The molecule has 4 rings (SSSR count). The minimum Gasteiger partial charge on any atom is -0.346 e. The van der Waals surface area contributed by atoms with Gasteiger partial charge in [0.05, 0.1) is 17.9 Å². The summed E-state index contributed by atoms with van der Waals surface area (Å²) in [6.45, 7) is 0.395. The van der Waals surface area contributed by atoms with Gasteiger partial charge in [0, 0.05) is 30.2 Å². The Kier molecular flexibility index (Phi) is 3.80. The predicted molar refractivity (Wildman–Crippen MR) is 94.4 cm³/mol. The van der Waals surface area contributed by atoms with E-state index in [1.165, 1.54) is 11.3 Å². The molecule has 0 bridgehead atoms. The third-order valence-electron chi connectivity index (χ3n) is 3.67. The second kappa shape index (κ2) is 6.25. The first kappa shape index (κ1) is 14.6. The highest BCUT2D eigenvalue weighted by Gasteiger charge is 2.20. The van der Waals surface area contributed by atoms with E-state index in [4.69, 9.17) is 0 Å². The number of hydrogen-bond acceptors (Lipinski definition) is 4. The molecule has 0 aliphatic carbocycles. The molecule has 0 fully saturated rings. The van der Waals surface area contributed by atoms with Crippen LogP contribution in [-0.2, 0) is 6.54 Å². The van der Waals surface area contributed by atoms with Crippen LogP contribution in [0.2, 0.25) is 0 Å². The van der Waals surface area contributed by atoms with E-state index in [-0.39, 0.29) is 5.91 Å². The molecule has 0 saturated heterocycles. The summed E-state index contributed by atoms with van der Waals surface area (Å²) in [5.41, 5.74) is 1.69. The van der Waals surface area contributed by atoms with Crippen molar-refractivity contribution in [3.8, 4) is 5.69 Å². The minimum atomic E-state index is -0.118. The summed E-state index contributed by atoms with van der Waals surface area (Å²) in [7, 11) is 0. The van der Waals surface area contributed by atoms with Gasteiger partial charge in [-0.05, 0) is 36.4 Å². The lowest BCUT2D eigenvalue weighted by atomic mass is 10.2. The molecule has 1 N–H and O–H groups in total. The number of carbonyl (C=O) groups excluding carboxylic acids is 1. The number of thiophene rings is 1. The molecular weight excluding hydrogens is 320 g/mol. The van der Waals surface area contributed by atoms with Crippen molar-refractivity contribution in [2.75, 3.05) is 0 Å². The molecule has 4 heterocycles. The van der Waals surface area contributed by atoms with Crippen LogP contribution in [0.3, 0.4) is 0 Å². The van der Waals surface area contributed by atoms with Crippen molar-refractivity contribution >= 4 is 27.5 Å². The SMILES string of the molecule is O=C(NCc1ccccn1)c1sc2ncccc2c1-n1cccc1. The standard InChI is InChI=1S/C18H14N4OS/c23-17(21-12-13-6-1-2-8-19-13)16-15(22-10-3-4-11-22)14-7-5-9-20-18(14)24-16/h1-11H,12H2,(H,21,23). The van der Waals surface area contributed by atoms with Crippen LogP contribution in [0, 0.1) is 0 Å². The summed E-state index contributed by atoms with van der Waals surface area (Å²) in [5.74, 6) is -0.118. The smallest absolute Gasteiger partial charge is 0.263 e. The van der Waals surface area contributed by atoms with Gasteiger partial charge in [-0.2, -0.15) is 0 Å². The first-order valence-corrected chi connectivity index (χ1v) is 8.33. The fourth-order valence-corrected chi connectivity index (χ4v) is 3.63. The van der Waals surface area contributed by atoms with Gasteiger partial charge < -0.3 is 9.88 Å². The van der Waals surface area contributed by atoms with Crippen LogP contribution < -0.4 is 5.32 Å². The van der Waals surface area contributed by atoms with Gasteiger partial charge in [0.25, 0.3) is 5.91 Å². The van der Waals surface area contributed by atoms with Crippen molar-refractivity contribution in [2.45, 2.75) is 6.54 Å². The molecular formula is C18H14N4OS. The molecule has 24 heavy (non-hydrogen) atoms. The highest BCUT2D eigenvalue weighted by molar-refractivity contribution is 7.21. The van der Waals surface area contributed by atoms with Crippen molar-refractivity contribution in [2.24, 2.45) is 0 Å². The van der Waals surface area contributed by atoms with Crippen LogP contribution in [-0.4, -0.2) is 20.4 Å². The zero-order valence-corrected chi connectivity index (χ0v) is 13.5. The van der Waals surface area contributed by atoms with Gasteiger partial charge in [0.2, 0.25) is 0 Å². The van der Waals surface area contributed by atoms with Gasteiger partial charge >= 0.3 is 0 Å². The number of hydrogen-bond donors (Lipinski definition) is 1. The summed E-state index contributed by atoms with van der Waals surface area (Å²) < 4.78 is 1.95. The van der Waals surface area contributed by atoms with E-state index < -0.39 is 0 Å². The summed E-state index contributed by atoms with van der Waals surface area (Å²) in [5, 5.41) is 3.92. The lowest BCUT2D eigenvalue weighted by molar-refractivity contribution is 0.0954. The second-order valence-corrected chi connectivity index (χ2v) is 6.23. The number of fused-ring (bicyclic) bond motifs is 1. The minimum absolute atomic E-state index is 0.118. The fraction of sp³-hybridized carbons (Fsp3) is 0.0556. The van der Waals surface area contributed by atoms with Crippen LogP contribution in [0.4, 0.5) is 0 Å². The number of amides is 1. The molecule has 5 nitrogen and oxygen atoms in total. The maximum Gasteiger partial charge on any atom is 0.263 e. The Bertz CT molecular complexity index is 977. The molecule has 0 atom stereocenters. The lowest BCUT2D eigenvalue weighted by Gasteiger charge is -2.07. The Morgan fingerprint density at radius 1 is 1.04 bits per heavy atom. The van der Waals surface area contributed by atoms with Crippen LogP contribution in [0.25, 0.3) is 15.9 Å². The topological polar surface area (TPSA) is 59.8 Å². The third-order valence-corrected chi connectivity index (χ3v) is 4.77. The number of pyridine rings is 2. The normalized spacial score (nSPS) is 10.8. The lowest BCUT2D eigenvalue weighted by Crippen LogP contribution is -2.23. The van der Waals surface area contributed by atoms with Crippen molar-refractivity contribution < 1.29 is 4.79 Å². The third kappa shape index (κ3) is 2.68. The second-order valence-electron chi connectivity index (χ2n) is 5.23. The summed E-state index contributed by atoms with van der Waals surface area (Å²) in [6, 6.07) is 13.4. The molecule has 0 saturated carbocycles. The molecule has 0 aromatic carbocycles. The van der Waals surface area contributed by atoms with Crippen LogP contribution in [0.1, 0.15) is 15.4 Å². The van der Waals surface area contributed by atoms with E-state index in [1.54, 1.807) is 12.4 Å². The molecule has 0 spiro atoms. The zero-order chi connectivity index (χ0) is 16.4. The average molecular weight is 334 g/mol. The quantitative estimate of drug-likeness (QED) is 0.622. The molecule has 118 valence electrons. The largest absolute Gasteiger partial charge is 0.346 e. The number of aromatic nitrogens is 3. The Hall–Kier alpha value is -2.99. The van der Waals surface area contributed by atoms with Gasteiger partial charge in [-0.15, -0.1) is 11.3 Å².